The number of rotatable bonds is 0. The quantitative estimate of drug-likeness (QED) is 0.513. The largest absolute Gasteiger partial charge is 0.393 e. The minimum atomic E-state index is 0.0359. The van der Waals surface area contributed by atoms with Crippen LogP contribution in [0, 0.1) is 0 Å². The zero-order valence-electron chi connectivity index (χ0n) is 6.14. The minimum absolute atomic E-state index is 0.0359. The molecule has 1 fully saturated rings. The first-order valence-corrected chi connectivity index (χ1v) is 3.65. The summed E-state index contributed by atoms with van der Waals surface area (Å²) in [7, 11) is 1.50. The van der Waals surface area contributed by atoms with Crippen LogP contribution in [0.5, 0.6) is 0 Å². The molecule has 3 N–H and O–H groups in total. The van der Waals surface area contributed by atoms with Crippen LogP contribution in [0.3, 0.4) is 0 Å². The molecule has 0 radical (unpaired) electrons. The number of nitrogens with two attached hydrogens (primary N) is 1. The second-order valence-corrected chi connectivity index (χ2v) is 2.29. The molecule has 1 aliphatic carbocycles. The van der Waals surface area contributed by atoms with Gasteiger partial charge in [0.15, 0.2) is 0 Å². The van der Waals surface area contributed by atoms with Gasteiger partial charge in [0, 0.05) is 0 Å². The van der Waals surface area contributed by atoms with Crippen molar-refractivity contribution in [1.82, 2.24) is 0 Å². The van der Waals surface area contributed by atoms with E-state index in [2.05, 4.69) is 5.73 Å². The molecule has 0 aromatic rings. The van der Waals surface area contributed by atoms with E-state index in [4.69, 9.17) is 5.11 Å². The van der Waals surface area contributed by atoms with Crippen molar-refractivity contribution in [2.24, 2.45) is 5.73 Å². The summed E-state index contributed by atoms with van der Waals surface area (Å²) in [5, 5.41) is 8.91. The summed E-state index contributed by atoms with van der Waals surface area (Å²) in [5.74, 6) is 0. The summed E-state index contributed by atoms with van der Waals surface area (Å²) in [5.41, 5.74) is 4.50. The zero-order valence-corrected chi connectivity index (χ0v) is 6.14. The molecule has 2 nitrogen and oxygen atoms in total. The predicted molar refractivity (Wildman–Crippen MR) is 39.2 cm³/mol. The highest BCUT2D eigenvalue weighted by Crippen LogP contribution is 2.16. The van der Waals surface area contributed by atoms with Gasteiger partial charge in [-0.15, -0.1) is 0 Å². The molecule has 0 unspecified atom stereocenters. The number of hydrogen-bond donors (Lipinski definition) is 2. The molecule has 0 bridgehead atoms. The fourth-order valence-electron chi connectivity index (χ4n) is 1.08. The van der Waals surface area contributed by atoms with Crippen molar-refractivity contribution in [3.05, 3.63) is 0 Å². The SMILES string of the molecule is CN.OC1CCCCC1. The van der Waals surface area contributed by atoms with Gasteiger partial charge in [-0.05, 0) is 19.9 Å². The molecule has 0 heterocycles. The van der Waals surface area contributed by atoms with Crippen molar-refractivity contribution in [2.75, 3.05) is 7.05 Å². The monoisotopic (exact) mass is 131 g/mol. The van der Waals surface area contributed by atoms with Gasteiger partial charge in [-0.2, -0.15) is 0 Å². The first-order chi connectivity index (χ1) is 4.39. The minimum Gasteiger partial charge on any atom is -0.393 e. The third kappa shape index (κ3) is 4.43. The van der Waals surface area contributed by atoms with Gasteiger partial charge in [0.1, 0.15) is 0 Å². The van der Waals surface area contributed by atoms with E-state index in [-0.39, 0.29) is 6.10 Å². The first kappa shape index (κ1) is 8.92. The molecule has 9 heavy (non-hydrogen) atoms. The lowest BCUT2D eigenvalue weighted by atomic mass is 9.98. The van der Waals surface area contributed by atoms with Gasteiger partial charge in [0.05, 0.1) is 6.10 Å². The van der Waals surface area contributed by atoms with Gasteiger partial charge in [-0.25, -0.2) is 0 Å². The molecular formula is C7H17NO. The Kier molecular flexibility index (Phi) is 5.99. The maximum Gasteiger partial charge on any atom is 0.0540 e. The van der Waals surface area contributed by atoms with E-state index in [9.17, 15) is 0 Å². The molecule has 56 valence electrons. The normalized spacial score (nSPS) is 20.3. The van der Waals surface area contributed by atoms with Gasteiger partial charge < -0.3 is 10.8 Å². The Morgan fingerprint density at radius 3 is 1.78 bits per heavy atom. The maximum absolute atomic E-state index is 8.91. The van der Waals surface area contributed by atoms with Crippen molar-refractivity contribution < 1.29 is 5.11 Å². The molecule has 0 atom stereocenters. The second kappa shape index (κ2) is 6.05. The zero-order chi connectivity index (χ0) is 7.11. The van der Waals surface area contributed by atoms with Crippen LogP contribution in [-0.4, -0.2) is 18.3 Å². The van der Waals surface area contributed by atoms with E-state index in [1.807, 2.05) is 0 Å². The van der Waals surface area contributed by atoms with E-state index in [1.165, 1.54) is 26.3 Å². The van der Waals surface area contributed by atoms with Crippen LogP contribution in [-0.2, 0) is 0 Å². The summed E-state index contributed by atoms with van der Waals surface area (Å²) >= 11 is 0. The van der Waals surface area contributed by atoms with Gasteiger partial charge in [0.2, 0.25) is 0 Å². The highest BCUT2D eigenvalue weighted by Gasteiger charge is 2.07. The summed E-state index contributed by atoms with van der Waals surface area (Å²) in [6.45, 7) is 0. The van der Waals surface area contributed by atoms with Crippen molar-refractivity contribution in [2.45, 2.75) is 38.2 Å². The van der Waals surface area contributed by atoms with E-state index in [0.29, 0.717) is 0 Å². The smallest absolute Gasteiger partial charge is 0.0540 e. The van der Waals surface area contributed by atoms with Crippen LogP contribution in [0.2, 0.25) is 0 Å². The van der Waals surface area contributed by atoms with Crippen LogP contribution in [0.1, 0.15) is 32.1 Å². The van der Waals surface area contributed by atoms with Crippen LogP contribution >= 0.6 is 0 Å². The van der Waals surface area contributed by atoms with Gasteiger partial charge in [-0.1, -0.05) is 19.3 Å². The number of hydrogen-bond acceptors (Lipinski definition) is 2. The molecule has 0 aromatic heterocycles. The molecule has 2 heteroatoms. The molecular weight excluding hydrogens is 114 g/mol. The average molecular weight is 131 g/mol. The third-order valence-electron chi connectivity index (χ3n) is 1.57. The summed E-state index contributed by atoms with van der Waals surface area (Å²) in [4.78, 5) is 0. The molecule has 1 aliphatic rings. The van der Waals surface area contributed by atoms with Gasteiger partial charge in [0.25, 0.3) is 0 Å². The Balaban J connectivity index is 0.000000291. The lowest BCUT2D eigenvalue weighted by Gasteiger charge is -2.14. The average Bonchev–Trinajstić information content (AvgIpc) is 1.94. The highest BCUT2D eigenvalue weighted by atomic mass is 16.3. The fraction of sp³-hybridized carbons (Fsp3) is 1.00. The molecule has 0 aliphatic heterocycles. The standard InChI is InChI=1S/C6H12O.CH5N/c7-6-4-2-1-3-5-6;1-2/h6-7H,1-5H2;2H2,1H3. The highest BCUT2D eigenvalue weighted by molar-refractivity contribution is 4.61. The Labute approximate surface area is 57.1 Å². The Bertz CT molecular complexity index is 50.9. The molecule has 0 aromatic carbocycles. The molecule has 1 saturated carbocycles. The molecule has 1 rings (SSSR count). The van der Waals surface area contributed by atoms with E-state index in [0.717, 1.165) is 12.8 Å². The summed E-state index contributed by atoms with van der Waals surface area (Å²) in [6.07, 6.45) is 5.92. The van der Waals surface area contributed by atoms with Crippen molar-refractivity contribution in [3.63, 3.8) is 0 Å². The summed E-state index contributed by atoms with van der Waals surface area (Å²) in [6, 6.07) is 0. The lowest BCUT2D eigenvalue weighted by Crippen LogP contribution is -2.09. The van der Waals surface area contributed by atoms with Gasteiger partial charge >= 0.3 is 0 Å². The topological polar surface area (TPSA) is 46.2 Å². The van der Waals surface area contributed by atoms with E-state index >= 15 is 0 Å². The van der Waals surface area contributed by atoms with Crippen LogP contribution in [0.25, 0.3) is 0 Å². The summed E-state index contributed by atoms with van der Waals surface area (Å²) < 4.78 is 0. The van der Waals surface area contributed by atoms with Crippen LogP contribution < -0.4 is 5.73 Å². The first-order valence-electron chi connectivity index (χ1n) is 3.65. The Morgan fingerprint density at radius 2 is 1.56 bits per heavy atom. The predicted octanol–water partition coefficient (Wildman–Crippen LogP) is 0.886. The second-order valence-electron chi connectivity index (χ2n) is 2.29. The van der Waals surface area contributed by atoms with Gasteiger partial charge in [-0.3, -0.25) is 0 Å². The maximum atomic E-state index is 8.91. The fourth-order valence-corrected chi connectivity index (χ4v) is 1.08. The number of aliphatic hydroxyl groups excluding tert-OH is 1. The Hall–Kier alpha value is -0.0800. The molecule has 0 amide bonds. The molecule has 0 spiro atoms. The molecule has 0 saturated heterocycles. The van der Waals surface area contributed by atoms with Crippen LogP contribution in [0.15, 0.2) is 0 Å². The van der Waals surface area contributed by atoms with Crippen LogP contribution in [0.4, 0.5) is 0 Å². The Morgan fingerprint density at radius 1 is 1.11 bits per heavy atom. The van der Waals surface area contributed by atoms with E-state index < -0.39 is 0 Å². The van der Waals surface area contributed by atoms with Crippen molar-refractivity contribution >= 4 is 0 Å². The van der Waals surface area contributed by atoms with E-state index in [1.54, 1.807) is 0 Å². The van der Waals surface area contributed by atoms with Crippen molar-refractivity contribution in [1.29, 1.82) is 0 Å². The number of aliphatic hydroxyl groups is 1. The lowest BCUT2D eigenvalue weighted by molar-refractivity contribution is 0.130. The van der Waals surface area contributed by atoms with Crippen molar-refractivity contribution in [3.8, 4) is 0 Å². The third-order valence-corrected chi connectivity index (χ3v) is 1.57.